The van der Waals surface area contributed by atoms with E-state index in [1.807, 2.05) is 0 Å². The van der Waals surface area contributed by atoms with E-state index >= 15 is 0 Å². The average Bonchev–Trinajstić information content (AvgIpc) is 2.45. The molecule has 0 aliphatic carbocycles. The molecule has 2 aromatic carbocycles. The highest BCUT2D eigenvalue weighted by Crippen LogP contribution is 2.07. The lowest BCUT2D eigenvalue weighted by atomic mass is 10.1. The average molecular weight is 254 g/mol. The molecule has 0 saturated carbocycles. The van der Waals surface area contributed by atoms with E-state index in [2.05, 4.69) is 0 Å². The van der Waals surface area contributed by atoms with Crippen molar-refractivity contribution in [1.29, 1.82) is 0 Å². The second-order valence-corrected chi connectivity index (χ2v) is 3.95. The SMILES string of the molecule is O=C(/C=C/c1cccc(F)c1)C(=O)c1ccccc1. The molecule has 0 aromatic heterocycles. The molecular weight excluding hydrogens is 243 g/mol. The van der Waals surface area contributed by atoms with Crippen LogP contribution in [0.15, 0.2) is 60.7 Å². The Hall–Kier alpha value is -2.55. The monoisotopic (exact) mass is 254 g/mol. The fraction of sp³-hybridized carbons (Fsp3) is 0. The first-order valence-corrected chi connectivity index (χ1v) is 5.74. The molecule has 2 rings (SSSR count). The fourth-order valence-electron chi connectivity index (χ4n) is 1.59. The zero-order valence-electron chi connectivity index (χ0n) is 10.0. The summed E-state index contributed by atoms with van der Waals surface area (Å²) in [5.41, 5.74) is 0.880. The molecule has 2 nitrogen and oxygen atoms in total. The maximum Gasteiger partial charge on any atom is 0.232 e. The van der Waals surface area contributed by atoms with Gasteiger partial charge in [-0.1, -0.05) is 48.5 Å². The summed E-state index contributed by atoms with van der Waals surface area (Å²) in [6.07, 6.45) is 2.58. The predicted octanol–water partition coefficient (Wildman–Crippen LogP) is 3.29. The Morgan fingerprint density at radius 3 is 2.37 bits per heavy atom. The molecule has 2 aromatic rings. The zero-order chi connectivity index (χ0) is 13.7. The van der Waals surface area contributed by atoms with Gasteiger partial charge in [-0.15, -0.1) is 0 Å². The van der Waals surface area contributed by atoms with Crippen LogP contribution < -0.4 is 0 Å². The lowest BCUT2D eigenvalue weighted by molar-refractivity contribution is -0.110. The molecule has 0 N–H and O–H groups in total. The minimum Gasteiger partial charge on any atom is -0.286 e. The largest absolute Gasteiger partial charge is 0.286 e. The molecule has 0 saturated heterocycles. The van der Waals surface area contributed by atoms with Crippen LogP contribution in [0.2, 0.25) is 0 Å². The van der Waals surface area contributed by atoms with Gasteiger partial charge in [0.15, 0.2) is 0 Å². The van der Waals surface area contributed by atoms with Gasteiger partial charge in [0.05, 0.1) is 0 Å². The lowest BCUT2D eigenvalue weighted by Gasteiger charge is -1.96. The van der Waals surface area contributed by atoms with E-state index in [1.54, 1.807) is 42.5 Å². The molecule has 0 amide bonds. The zero-order valence-corrected chi connectivity index (χ0v) is 10.0. The van der Waals surface area contributed by atoms with Crippen LogP contribution in [0.4, 0.5) is 4.39 Å². The highest BCUT2D eigenvalue weighted by molar-refractivity contribution is 6.48. The minimum absolute atomic E-state index is 0.344. The van der Waals surface area contributed by atoms with Gasteiger partial charge in [-0.3, -0.25) is 9.59 Å². The molecule has 0 fully saturated rings. The number of benzene rings is 2. The smallest absolute Gasteiger partial charge is 0.232 e. The van der Waals surface area contributed by atoms with Gasteiger partial charge in [0.1, 0.15) is 5.82 Å². The second kappa shape index (κ2) is 5.87. The third-order valence-corrected chi connectivity index (χ3v) is 2.54. The van der Waals surface area contributed by atoms with Crippen molar-refractivity contribution in [3.63, 3.8) is 0 Å². The first-order valence-electron chi connectivity index (χ1n) is 5.74. The van der Waals surface area contributed by atoms with Crippen LogP contribution in [0, 0.1) is 5.82 Å². The Labute approximate surface area is 110 Å². The summed E-state index contributed by atoms with van der Waals surface area (Å²) in [6, 6.07) is 14.1. The molecule has 0 spiro atoms. The maximum absolute atomic E-state index is 12.9. The van der Waals surface area contributed by atoms with Gasteiger partial charge in [0.25, 0.3) is 0 Å². The Morgan fingerprint density at radius 1 is 0.947 bits per heavy atom. The van der Waals surface area contributed by atoms with Gasteiger partial charge in [-0.2, -0.15) is 0 Å². The number of ketones is 2. The van der Waals surface area contributed by atoms with Crippen molar-refractivity contribution in [3.05, 3.63) is 77.6 Å². The normalized spacial score (nSPS) is 10.6. The molecule has 0 bridgehead atoms. The third kappa shape index (κ3) is 3.45. The van der Waals surface area contributed by atoms with Crippen molar-refractivity contribution >= 4 is 17.6 Å². The molecule has 0 atom stereocenters. The Bertz CT molecular complexity index is 630. The highest BCUT2D eigenvalue weighted by atomic mass is 19.1. The Kier molecular flexibility index (Phi) is 3.98. The molecule has 0 heterocycles. The molecule has 0 radical (unpaired) electrons. The van der Waals surface area contributed by atoms with Crippen LogP contribution in [0.1, 0.15) is 15.9 Å². The highest BCUT2D eigenvalue weighted by Gasteiger charge is 2.12. The topological polar surface area (TPSA) is 34.1 Å². The summed E-state index contributed by atoms with van der Waals surface area (Å²) in [6.45, 7) is 0. The van der Waals surface area contributed by atoms with Crippen molar-refractivity contribution in [3.8, 4) is 0 Å². The van der Waals surface area contributed by atoms with Gasteiger partial charge < -0.3 is 0 Å². The van der Waals surface area contributed by atoms with E-state index < -0.39 is 11.6 Å². The van der Waals surface area contributed by atoms with Crippen LogP contribution in [0.5, 0.6) is 0 Å². The third-order valence-electron chi connectivity index (χ3n) is 2.54. The fourth-order valence-corrected chi connectivity index (χ4v) is 1.59. The predicted molar refractivity (Wildman–Crippen MR) is 71.2 cm³/mol. The van der Waals surface area contributed by atoms with Crippen LogP contribution in [-0.4, -0.2) is 11.6 Å². The number of halogens is 1. The summed E-state index contributed by atoms with van der Waals surface area (Å²) in [4.78, 5) is 23.4. The summed E-state index contributed by atoms with van der Waals surface area (Å²) in [5, 5.41) is 0. The van der Waals surface area contributed by atoms with Crippen molar-refractivity contribution in [2.75, 3.05) is 0 Å². The Balaban J connectivity index is 2.11. The standard InChI is InChI=1S/C16H11FO2/c17-14-8-4-5-12(11-14)9-10-15(18)16(19)13-6-2-1-3-7-13/h1-11H/b10-9+. The number of rotatable bonds is 4. The lowest BCUT2D eigenvalue weighted by Crippen LogP contribution is -2.10. The van der Waals surface area contributed by atoms with Gasteiger partial charge in [0.2, 0.25) is 11.6 Å². The van der Waals surface area contributed by atoms with Crippen molar-refractivity contribution in [2.45, 2.75) is 0 Å². The Morgan fingerprint density at radius 2 is 1.68 bits per heavy atom. The van der Waals surface area contributed by atoms with Crippen LogP contribution in [0.3, 0.4) is 0 Å². The maximum atomic E-state index is 12.9. The molecular formula is C16H11FO2. The molecule has 0 aliphatic rings. The number of hydrogen-bond acceptors (Lipinski definition) is 2. The number of allylic oxidation sites excluding steroid dienone is 1. The van der Waals surface area contributed by atoms with Crippen LogP contribution in [-0.2, 0) is 4.79 Å². The van der Waals surface area contributed by atoms with Crippen molar-refractivity contribution in [1.82, 2.24) is 0 Å². The quantitative estimate of drug-likeness (QED) is 0.476. The van der Waals surface area contributed by atoms with Crippen molar-refractivity contribution < 1.29 is 14.0 Å². The second-order valence-electron chi connectivity index (χ2n) is 3.95. The van der Waals surface area contributed by atoms with E-state index in [9.17, 15) is 14.0 Å². The number of hydrogen-bond donors (Lipinski definition) is 0. The van der Waals surface area contributed by atoms with E-state index in [4.69, 9.17) is 0 Å². The van der Waals surface area contributed by atoms with Crippen LogP contribution in [0.25, 0.3) is 6.08 Å². The number of carbonyl (C=O) groups excluding carboxylic acids is 2. The summed E-state index contributed by atoms with van der Waals surface area (Å²) >= 11 is 0. The molecule has 0 aliphatic heterocycles. The van der Waals surface area contributed by atoms with E-state index in [0.29, 0.717) is 11.1 Å². The summed E-state index contributed by atoms with van der Waals surface area (Å²) in [7, 11) is 0. The number of Topliss-reactive ketones (excluding diaryl/α,β-unsaturated/α-hetero) is 1. The number of carbonyl (C=O) groups is 2. The first-order chi connectivity index (χ1) is 9.16. The van der Waals surface area contributed by atoms with Gasteiger partial charge >= 0.3 is 0 Å². The van der Waals surface area contributed by atoms with Gasteiger partial charge in [-0.25, -0.2) is 4.39 Å². The van der Waals surface area contributed by atoms with Gasteiger partial charge in [-0.05, 0) is 23.8 Å². The molecule has 0 unspecified atom stereocenters. The van der Waals surface area contributed by atoms with Gasteiger partial charge in [0, 0.05) is 5.56 Å². The van der Waals surface area contributed by atoms with Crippen molar-refractivity contribution in [2.24, 2.45) is 0 Å². The molecule has 19 heavy (non-hydrogen) atoms. The summed E-state index contributed by atoms with van der Waals surface area (Å²) < 4.78 is 12.9. The van der Waals surface area contributed by atoms with E-state index in [1.165, 1.54) is 18.2 Å². The van der Waals surface area contributed by atoms with E-state index in [-0.39, 0.29) is 5.82 Å². The minimum atomic E-state index is -0.629. The van der Waals surface area contributed by atoms with Crippen LogP contribution >= 0.6 is 0 Å². The molecule has 94 valence electrons. The van der Waals surface area contributed by atoms with E-state index in [0.717, 1.165) is 6.08 Å². The summed E-state index contributed by atoms with van der Waals surface area (Å²) in [5.74, 6) is -1.59. The molecule has 3 heteroatoms. The first kappa shape index (κ1) is 12.9.